The Balaban J connectivity index is 0.00000208. The predicted molar refractivity (Wildman–Crippen MR) is 97.3 cm³/mol. The quantitative estimate of drug-likeness (QED) is 0.843. The van der Waals surface area contributed by atoms with Gasteiger partial charge in [-0.3, -0.25) is 9.71 Å². The zero-order valence-corrected chi connectivity index (χ0v) is 15.0. The SMILES string of the molecule is COc1ccc(NS(C)(=O)=O)cc1-c1ccc(C2CC2N)cn1.Cl. The molecule has 1 aromatic heterocycles. The first-order valence-electron chi connectivity index (χ1n) is 7.25. The Hall–Kier alpha value is -1.83. The molecule has 2 atom stereocenters. The van der Waals surface area contributed by atoms with E-state index in [9.17, 15) is 8.42 Å². The Morgan fingerprint density at radius 1 is 1.29 bits per heavy atom. The molecule has 24 heavy (non-hydrogen) atoms. The van der Waals surface area contributed by atoms with Crippen LogP contribution in [0.1, 0.15) is 17.9 Å². The number of rotatable bonds is 5. The highest BCUT2D eigenvalue weighted by molar-refractivity contribution is 7.92. The van der Waals surface area contributed by atoms with Gasteiger partial charge < -0.3 is 10.5 Å². The number of hydrogen-bond acceptors (Lipinski definition) is 5. The van der Waals surface area contributed by atoms with Crippen molar-refractivity contribution in [3.05, 3.63) is 42.1 Å². The van der Waals surface area contributed by atoms with Crippen LogP contribution in [0, 0.1) is 0 Å². The second-order valence-electron chi connectivity index (χ2n) is 5.77. The summed E-state index contributed by atoms with van der Waals surface area (Å²) >= 11 is 0. The molecule has 2 unspecified atom stereocenters. The minimum atomic E-state index is -3.34. The fraction of sp³-hybridized carbons (Fsp3) is 0.312. The molecular formula is C16H20ClN3O3S. The first-order chi connectivity index (χ1) is 10.9. The van der Waals surface area contributed by atoms with Crippen molar-refractivity contribution in [1.29, 1.82) is 0 Å². The van der Waals surface area contributed by atoms with Crippen molar-refractivity contribution in [3.63, 3.8) is 0 Å². The highest BCUT2D eigenvalue weighted by Crippen LogP contribution is 2.39. The molecule has 1 fully saturated rings. The molecule has 130 valence electrons. The van der Waals surface area contributed by atoms with Gasteiger partial charge in [0.2, 0.25) is 10.0 Å². The van der Waals surface area contributed by atoms with Crippen LogP contribution in [-0.4, -0.2) is 32.8 Å². The largest absolute Gasteiger partial charge is 0.496 e. The summed E-state index contributed by atoms with van der Waals surface area (Å²) in [6.45, 7) is 0. The van der Waals surface area contributed by atoms with Crippen molar-refractivity contribution in [2.24, 2.45) is 5.73 Å². The van der Waals surface area contributed by atoms with Crippen LogP contribution < -0.4 is 15.2 Å². The smallest absolute Gasteiger partial charge is 0.229 e. The Labute approximate surface area is 147 Å². The molecule has 0 bridgehead atoms. The maximum Gasteiger partial charge on any atom is 0.229 e. The number of hydrogen-bond donors (Lipinski definition) is 2. The molecule has 1 aromatic carbocycles. The van der Waals surface area contributed by atoms with Crippen LogP contribution in [0.2, 0.25) is 0 Å². The summed E-state index contributed by atoms with van der Waals surface area (Å²) in [5.74, 6) is 1.03. The van der Waals surface area contributed by atoms with Gasteiger partial charge in [-0.15, -0.1) is 12.4 Å². The lowest BCUT2D eigenvalue weighted by Crippen LogP contribution is -2.09. The van der Waals surface area contributed by atoms with Crippen molar-refractivity contribution < 1.29 is 13.2 Å². The van der Waals surface area contributed by atoms with Crippen LogP contribution >= 0.6 is 12.4 Å². The first kappa shape index (κ1) is 18.5. The summed E-state index contributed by atoms with van der Waals surface area (Å²) in [7, 11) is -1.77. The van der Waals surface area contributed by atoms with E-state index in [1.807, 2.05) is 18.3 Å². The maximum absolute atomic E-state index is 11.4. The minimum absolute atomic E-state index is 0. The fourth-order valence-corrected chi connectivity index (χ4v) is 3.12. The van der Waals surface area contributed by atoms with E-state index in [4.69, 9.17) is 10.5 Å². The van der Waals surface area contributed by atoms with E-state index in [1.54, 1.807) is 25.3 Å². The van der Waals surface area contributed by atoms with E-state index in [-0.39, 0.29) is 18.4 Å². The Morgan fingerprint density at radius 3 is 2.50 bits per heavy atom. The van der Waals surface area contributed by atoms with Gasteiger partial charge >= 0.3 is 0 Å². The van der Waals surface area contributed by atoms with Gasteiger partial charge in [-0.1, -0.05) is 6.07 Å². The molecule has 3 N–H and O–H groups in total. The summed E-state index contributed by atoms with van der Waals surface area (Å²) in [4.78, 5) is 4.48. The van der Waals surface area contributed by atoms with Crippen molar-refractivity contribution in [2.75, 3.05) is 18.1 Å². The minimum Gasteiger partial charge on any atom is -0.496 e. The summed E-state index contributed by atoms with van der Waals surface area (Å²) in [6.07, 6.45) is 3.93. The van der Waals surface area contributed by atoms with Gasteiger partial charge in [-0.2, -0.15) is 0 Å². The van der Waals surface area contributed by atoms with Crippen LogP contribution in [0.15, 0.2) is 36.5 Å². The number of nitrogens with zero attached hydrogens (tertiary/aromatic N) is 1. The first-order valence-corrected chi connectivity index (χ1v) is 9.14. The number of nitrogens with one attached hydrogen (secondary N) is 1. The van der Waals surface area contributed by atoms with E-state index in [2.05, 4.69) is 9.71 Å². The molecule has 1 saturated carbocycles. The van der Waals surface area contributed by atoms with Gasteiger partial charge in [0.15, 0.2) is 0 Å². The van der Waals surface area contributed by atoms with Crippen LogP contribution in [-0.2, 0) is 10.0 Å². The second kappa shape index (κ2) is 6.96. The maximum atomic E-state index is 11.4. The highest BCUT2D eigenvalue weighted by Gasteiger charge is 2.34. The molecule has 1 aliphatic rings. The van der Waals surface area contributed by atoms with Crippen molar-refractivity contribution in [3.8, 4) is 17.0 Å². The van der Waals surface area contributed by atoms with Crippen molar-refractivity contribution >= 4 is 28.1 Å². The average molecular weight is 370 g/mol. The fourth-order valence-electron chi connectivity index (χ4n) is 2.57. The summed E-state index contributed by atoms with van der Waals surface area (Å²) in [6, 6.07) is 9.24. The topological polar surface area (TPSA) is 94.3 Å². The number of anilines is 1. The molecule has 1 aliphatic carbocycles. The molecule has 0 spiro atoms. The molecule has 6 nitrogen and oxygen atoms in total. The second-order valence-corrected chi connectivity index (χ2v) is 7.52. The van der Waals surface area contributed by atoms with Crippen LogP contribution in [0.3, 0.4) is 0 Å². The number of benzene rings is 1. The molecule has 1 heterocycles. The molecule has 0 radical (unpaired) electrons. The molecule has 0 amide bonds. The number of nitrogens with two attached hydrogens (primary N) is 1. The Kier molecular flexibility index (Phi) is 5.37. The normalized spacial score (nSPS) is 19.3. The lowest BCUT2D eigenvalue weighted by Gasteiger charge is -2.11. The molecule has 2 aromatic rings. The van der Waals surface area contributed by atoms with Crippen molar-refractivity contribution in [1.82, 2.24) is 4.98 Å². The number of aromatic nitrogens is 1. The van der Waals surface area contributed by atoms with Gasteiger partial charge in [-0.25, -0.2) is 8.42 Å². The number of sulfonamides is 1. The monoisotopic (exact) mass is 369 g/mol. The van der Waals surface area contributed by atoms with Gasteiger partial charge in [0.1, 0.15) is 5.75 Å². The molecular weight excluding hydrogens is 350 g/mol. The molecule has 3 rings (SSSR count). The lowest BCUT2D eigenvalue weighted by molar-refractivity contribution is 0.416. The third-order valence-electron chi connectivity index (χ3n) is 3.83. The average Bonchev–Trinajstić information content (AvgIpc) is 3.23. The summed E-state index contributed by atoms with van der Waals surface area (Å²) < 4.78 is 30.6. The van der Waals surface area contributed by atoms with Gasteiger partial charge in [0.25, 0.3) is 0 Å². The van der Waals surface area contributed by atoms with Crippen LogP contribution in [0.4, 0.5) is 5.69 Å². The predicted octanol–water partition coefficient (Wildman–Crippen LogP) is 2.37. The lowest BCUT2D eigenvalue weighted by atomic mass is 10.1. The van der Waals surface area contributed by atoms with E-state index in [1.165, 1.54) is 0 Å². The van der Waals surface area contributed by atoms with E-state index >= 15 is 0 Å². The third kappa shape index (κ3) is 4.17. The summed E-state index contributed by atoms with van der Waals surface area (Å²) in [5, 5.41) is 0. The summed E-state index contributed by atoms with van der Waals surface area (Å²) in [5.41, 5.74) is 8.91. The van der Waals surface area contributed by atoms with Crippen molar-refractivity contribution in [2.45, 2.75) is 18.4 Å². The number of ether oxygens (including phenoxy) is 1. The van der Waals surface area contributed by atoms with Gasteiger partial charge in [-0.05, 0) is 36.2 Å². The van der Waals surface area contributed by atoms with E-state index in [0.29, 0.717) is 17.4 Å². The standard InChI is InChI=1S/C16H19N3O3S.ClH/c1-22-16-6-4-11(19-23(2,20)21)7-13(16)15-5-3-10(9-18-15)12-8-14(12)17;/h3-7,9,12,14,19H,8,17H2,1-2H3;1H. The Bertz CT molecular complexity index is 825. The van der Waals surface area contributed by atoms with E-state index in [0.717, 1.165) is 29.5 Å². The number of halogens is 1. The zero-order chi connectivity index (χ0) is 16.6. The number of methoxy groups -OCH3 is 1. The molecule has 0 saturated heterocycles. The third-order valence-corrected chi connectivity index (χ3v) is 4.44. The highest BCUT2D eigenvalue weighted by atomic mass is 35.5. The van der Waals surface area contributed by atoms with Gasteiger partial charge in [0.05, 0.1) is 19.1 Å². The van der Waals surface area contributed by atoms with Gasteiger partial charge in [0, 0.05) is 29.4 Å². The van der Waals surface area contributed by atoms with Crippen LogP contribution in [0.5, 0.6) is 5.75 Å². The molecule has 0 aliphatic heterocycles. The van der Waals surface area contributed by atoms with E-state index < -0.39 is 10.0 Å². The zero-order valence-electron chi connectivity index (χ0n) is 13.4. The Morgan fingerprint density at radius 2 is 2.00 bits per heavy atom. The number of pyridine rings is 1. The molecule has 8 heteroatoms. The van der Waals surface area contributed by atoms with Crippen LogP contribution in [0.25, 0.3) is 11.3 Å².